The van der Waals surface area contributed by atoms with E-state index in [1.165, 1.54) is 0 Å². The summed E-state index contributed by atoms with van der Waals surface area (Å²) in [6, 6.07) is 5.34. The standard InChI is InChI=1S/C12H12N6O2/c19-12(20)10-11(13-4-7-17-8-5-14-16-17)15-9-3-1-2-6-18(9)10/h1-3,5-6,8,13H,4,7H2,(H,19,20). The Balaban J connectivity index is 1.83. The second-order valence-corrected chi connectivity index (χ2v) is 4.14. The molecule has 2 N–H and O–H groups in total. The molecule has 102 valence electrons. The molecule has 3 aromatic heterocycles. The fourth-order valence-corrected chi connectivity index (χ4v) is 1.96. The lowest BCUT2D eigenvalue weighted by Gasteiger charge is -2.04. The first kappa shape index (κ1) is 12.2. The number of nitrogens with one attached hydrogen (secondary N) is 1. The van der Waals surface area contributed by atoms with Gasteiger partial charge in [0, 0.05) is 18.9 Å². The van der Waals surface area contributed by atoms with Gasteiger partial charge in [0.05, 0.1) is 12.7 Å². The molecule has 3 rings (SSSR count). The van der Waals surface area contributed by atoms with E-state index in [0.717, 1.165) is 0 Å². The number of fused-ring (bicyclic) bond motifs is 1. The predicted molar refractivity (Wildman–Crippen MR) is 70.7 cm³/mol. The monoisotopic (exact) mass is 272 g/mol. The number of aromatic nitrogens is 5. The number of hydrogen-bond acceptors (Lipinski definition) is 5. The molecule has 0 fully saturated rings. The third-order valence-electron chi connectivity index (χ3n) is 2.84. The maximum absolute atomic E-state index is 11.4. The number of imidazole rings is 1. The van der Waals surface area contributed by atoms with Gasteiger partial charge in [0.1, 0.15) is 5.65 Å². The molecule has 0 atom stereocenters. The summed E-state index contributed by atoms with van der Waals surface area (Å²) in [5.41, 5.74) is 0.715. The van der Waals surface area contributed by atoms with E-state index in [9.17, 15) is 9.90 Å². The number of carbonyl (C=O) groups is 1. The van der Waals surface area contributed by atoms with Gasteiger partial charge >= 0.3 is 5.97 Å². The third kappa shape index (κ3) is 2.18. The topological polar surface area (TPSA) is 97.3 Å². The summed E-state index contributed by atoms with van der Waals surface area (Å²) < 4.78 is 3.20. The van der Waals surface area contributed by atoms with E-state index in [2.05, 4.69) is 20.6 Å². The van der Waals surface area contributed by atoms with Crippen LogP contribution in [-0.4, -0.2) is 42.0 Å². The highest BCUT2D eigenvalue weighted by atomic mass is 16.4. The van der Waals surface area contributed by atoms with Crippen LogP contribution in [-0.2, 0) is 6.54 Å². The summed E-state index contributed by atoms with van der Waals surface area (Å²) in [5, 5.41) is 19.9. The largest absolute Gasteiger partial charge is 0.476 e. The van der Waals surface area contributed by atoms with Crippen molar-refractivity contribution in [3.05, 3.63) is 42.5 Å². The van der Waals surface area contributed by atoms with Crippen LogP contribution in [0.1, 0.15) is 10.5 Å². The molecule has 0 saturated carbocycles. The van der Waals surface area contributed by atoms with Crippen molar-refractivity contribution in [1.29, 1.82) is 0 Å². The number of nitrogens with zero attached hydrogens (tertiary/aromatic N) is 5. The van der Waals surface area contributed by atoms with E-state index >= 15 is 0 Å². The fourth-order valence-electron chi connectivity index (χ4n) is 1.96. The molecule has 8 heteroatoms. The van der Waals surface area contributed by atoms with Crippen LogP contribution in [0.3, 0.4) is 0 Å². The molecule has 0 spiro atoms. The van der Waals surface area contributed by atoms with Gasteiger partial charge in [-0.25, -0.2) is 9.78 Å². The number of carboxylic acid groups (broad SMARTS) is 1. The lowest BCUT2D eigenvalue weighted by molar-refractivity contribution is 0.0690. The van der Waals surface area contributed by atoms with Crippen LogP contribution in [0.2, 0.25) is 0 Å². The summed E-state index contributed by atoms with van der Waals surface area (Å²) in [6.45, 7) is 1.08. The highest BCUT2D eigenvalue weighted by Crippen LogP contribution is 2.17. The van der Waals surface area contributed by atoms with Gasteiger partial charge in [0.25, 0.3) is 0 Å². The van der Waals surface area contributed by atoms with Gasteiger partial charge in [-0.1, -0.05) is 11.3 Å². The molecule has 0 aliphatic heterocycles. The number of hydrogen-bond donors (Lipinski definition) is 2. The summed E-state index contributed by atoms with van der Waals surface area (Å²) in [6.07, 6.45) is 5.01. The number of carboxylic acids is 1. The van der Waals surface area contributed by atoms with Crippen molar-refractivity contribution in [1.82, 2.24) is 24.4 Å². The van der Waals surface area contributed by atoms with Crippen molar-refractivity contribution in [2.75, 3.05) is 11.9 Å². The molecule has 0 amide bonds. The molecule has 20 heavy (non-hydrogen) atoms. The van der Waals surface area contributed by atoms with Crippen molar-refractivity contribution in [3.63, 3.8) is 0 Å². The quantitative estimate of drug-likeness (QED) is 0.711. The second-order valence-electron chi connectivity index (χ2n) is 4.14. The number of aromatic carboxylic acids is 1. The predicted octanol–water partition coefficient (Wildman–Crippen LogP) is 0.736. The Kier molecular flexibility index (Phi) is 3.04. The zero-order valence-corrected chi connectivity index (χ0v) is 10.5. The highest BCUT2D eigenvalue weighted by Gasteiger charge is 2.17. The first-order chi connectivity index (χ1) is 9.75. The summed E-state index contributed by atoms with van der Waals surface area (Å²) in [5.74, 6) is -0.671. The van der Waals surface area contributed by atoms with Gasteiger partial charge < -0.3 is 10.4 Å². The Hall–Kier alpha value is -2.90. The van der Waals surface area contributed by atoms with E-state index in [-0.39, 0.29) is 5.69 Å². The summed E-state index contributed by atoms with van der Waals surface area (Å²) >= 11 is 0. The Morgan fingerprint density at radius 1 is 1.35 bits per heavy atom. The molecule has 0 bridgehead atoms. The van der Waals surface area contributed by atoms with E-state index in [1.807, 2.05) is 6.07 Å². The molecular formula is C12H12N6O2. The van der Waals surface area contributed by atoms with Gasteiger partial charge in [0.15, 0.2) is 11.5 Å². The maximum Gasteiger partial charge on any atom is 0.356 e. The Morgan fingerprint density at radius 2 is 2.25 bits per heavy atom. The lowest BCUT2D eigenvalue weighted by Crippen LogP contribution is -2.14. The van der Waals surface area contributed by atoms with Gasteiger partial charge in [0.2, 0.25) is 0 Å². The minimum atomic E-state index is -1.02. The molecule has 8 nitrogen and oxygen atoms in total. The average molecular weight is 272 g/mol. The van der Waals surface area contributed by atoms with Gasteiger partial charge in [-0.15, -0.1) is 5.10 Å². The van der Waals surface area contributed by atoms with Crippen LogP contribution in [0, 0.1) is 0 Å². The van der Waals surface area contributed by atoms with Crippen LogP contribution in [0.4, 0.5) is 5.82 Å². The van der Waals surface area contributed by atoms with Gasteiger partial charge in [-0.3, -0.25) is 9.08 Å². The lowest BCUT2D eigenvalue weighted by atomic mass is 10.4. The third-order valence-corrected chi connectivity index (χ3v) is 2.84. The maximum atomic E-state index is 11.4. The summed E-state index contributed by atoms with van der Waals surface area (Å²) in [7, 11) is 0. The molecule has 0 aromatic carbocycles. The molecule has 0 aliphatic carbocycles. The van der Waals surface area contributed by atoms with Crippen molar-refractivity contribution in [2.24, 2.45) is 0 Å². The zero-order chi connectivity index (χ0) is 13.9. The van der Waals surface area contributed by atoms with Gasteiger partial charge in [-0.05, 0) is 12.1 Å². The van der Waals surface area contributed by atoms with E-state index in [4.69, 9.17) is 0 Å². The number of rotatable bonds is 5. The number of pyridine rings is 1. The van der Waals surface area contributed by atoms with Crippen LogP contribution in [0.25, 0.3) is 5.65 Å². The zero-order valence-electron chi connectivity index (χ0n) is 10.5. The van der Waals surface area contributed by atoms with E-state index in [1.54, 1.807) is 39.8 Å². The van der Waals surface area contributed by atoms with E-state index < -0.39 is 5.97 Å². The molecule has 0 radical (unpaired) electrons. The minimum Gasteiger partial charge on any atom is -0.476 e. The Morgan fingerprint density at radius 3 is 3.00 bits per heavy atom. The van der Waals surface area contributed by atoms with Crippen molar-refractivity contribution < 1.29 is 9.90 Å². The molecule has 3 aromatic rings. The Bertz CT molecular complexity index is 734. The molecule has 0 aliphatic rings. The van der Waals surface area contributed by atoms with Crippen LogP contribution >= 0.6 is 0 Å². The smallest absolute Gasteiger partial charge is 0.356 e. The first-order valence-electron chi connectivity index (χ1n) is 6.04. The van der Waals surface area contributed by atoms with E-state index in [0.29, 0.717) is 24.6 Å². The molecular weight excluding hydrogens is 260 g/mol. The van der Waals surface area contributed by atoms with Crippen LogP contribution in [0.5, 0.6) is 0 Å². The van der Waals surface area contributed by atoms with Crippen molar-refractivity contribution >= 4 is 17.4 Å². The normalized spacial score (nSPS) is 10.8. The molecule has 0 unspecified atom stereocenters. The first-order valence-corrected chi connectivity index (χ1v) is 6.04. The summed E-state index contributed by atoms with van der Waals surface area (Å²) in [4.78, 5) is 15.6. The van der Waals surface area contributed by atoms with Crippen LogP contribution in [0.15, 0.2) is 36.8 Å². The number of anilines is 1. The molecule has 0 saturated heterocycles. The average Bonchev–Trinajstić information content (AvgIpc) is 3.05. The van der Waals surface area contributed by atoms with Gasteiger partial charge in [-0.2, -0.15) is 0 Å². The minimum absolute atomic E-state index is 0.124. The SMILES string of the molecule is O=C(O)c1c(NCCn2ccnn2)nc2ccccn12. The van der Waals surface area contributed by atoms with Crippen molar-refractivity contribution in [3.8, 4) is 0 Å². The van der Waals surface area contributed by atoms with Crippen molar-refractivity contribution in [2.45, 2.75) is 6.54 Å². The highest BCUT2D eigenvalue weighted by molar-refractivity contribution is 5.92. The Labute approximate surface area is 113 Å². The second kappa shape index (κ2) is 5.00. The fraction of sp³-hybridized carbons (Fsp3) is 0.167. The molecule has 3 heterocycles. The van der Waals surface area contributed by atoms with Crippen LogP contribution < -0.4 is 5.32 Å².